The number of nitrogens with zero attached hydrogens (tertiary/aromatic N) is 1. The molecule has 2 aromatic rings. The Bertz CT molecular complexity index is 464. The molecular weight excluding hydrogens is 216 g/mol. The van der Waals surface area contributed by atoms with Crippen molar-refractivity contribution in [1.82, 2.24) is 0 Å². The molecule has 1 aromatic heterocycles. The highest BCUT2D eigenvalue weighted by Gasteiger charge is 2.10. The third-order valence-corrected chi connectivity index (χ3v) is 3.81. The molecule has 86 valence electrons. The van der Waals surface area contributed by atoms with Crippen LogP contribution in [0.25, 0.3) is 10.1 Å². The highest BCUT2D eigenvalue weighted by Crippen LogP contribution is 2.32. The second-order valence-electron chi connectivity index (χ2n) is 4.34. The molecule has 1 atom stereocenters. The van der Waals surface area contributed by atoms with Crippen LogP contribution in [0.4, 0.5) is 5.69 Å². The first-order valence-corrected chi connectivity index (χ1v) is 6.47. The van der Waals surface area contributed by atoms with E-state index in [1.54, 1.807) is 11.3 Å². The number of nitrogens with two attached hydrogens (primary N) is 1. The quantitative estimate of drug-likeness (QED) is 0.881. The summed E-state index contributed by atoms with van der Waals surface area (Å²) in [4.78, 5) is 2.30. The van der Waals surface area contributed by atoms with E-state index in [4.69, 9.17) is 5.73 Å². The normalized spacial score (nSPS) is 12.9. The lowest BCUT2D eigenvalue weighted by atomic mass is 10.1. The molecule has 2 rings (SSSR count). The molecule has 0 aliphatic carbocycles. The molecule has 0 amide bonds. The Balaban J connectivity index is 2.26. The molecule has 0 aliphatic heterocycles. The minimum Gasteiger partial charge on any atom is -0.373 e. The fraction of sp³-hybridized carbons (Fsp3) is 0.385. The van der Waals surface area contributed by atoms with Crippen LogP contribution in [0.5, 0.6) is 0 Å². The zero-order valence-corrected chi connectivity index (χ0v) is 10.6. The van der Waals surface area contributed by atoms with Gasteiger partial charge in [0.15, 0.2) is 0 Å². The summed E-state index contributed by atoms with van der Waals surface area (Å²) in [7, 11) is 2.14. The van der Waals surface area contributed by atoms with E-state index in [2.05, 4.69) is 48.5 Å². The van der Waals surface area contributed by atoms with E-state index >= 15 is 0 Å². The van der Waals surface area contributed by atoms with Crippen molar-refractivity contribution in [1.29, 1.82) is 0 Å². The summed E-state index contributed by atoms with van der Waals surface area (Å²) in [5.74, 6) is 0.531. The van der Waals surface area contributed by atoms with Gasteiger partial charge in [-0.2, -0.15) is 0 Å². The summed E-state index contributed by atoms with van der Waals surface area (Å²) in [6.45, 7) is 3.94. The Morgan fingerprint density at radius 1 is 1.38 bits per heavy atom. The van der Waals surface area contributed by atoms with Crippen molar-refractivity contribution >= 4 is 27.1 Å². The molecule has 1 unspecified atom stereocenters. The molecule has 16 heavy (non-hydrogen) atoms. The molecule has 0 radical (unpaired) electrons. The van der Waals surface area contributed by atoms with Crippen molar-refractivity contribution in [2.75, 3.05) is 25.0 Å². The molecular formula is C13H18N2S. The van der Waals surface area contributed by atoms with E-state index in [9.17, 15) is 0 Å². The zero-order chi connectivity index (χ0) is 11.5. The van der Waals surface area contributed by atoms with Gasteiger partial charge in [0.1, 0.15) is 0 Å². The van der Waals surface area contributed by atoms with Crippen molar-refractivity contribution in [3.8, 4) is 0 Å². The molecule has 0 fully saturated rings. The van der Waals surface area contributed by atoms with Crippen molar-refractivity contribution < 1.29 is 0 Å². The number of rotatable bonds is 4. The van der Waals surface area contributed by atoms with E-state index in [0.29, 0.717) is 5.92 Å². The zero-order valence-electron chi connectivity index (χ0n) is 9.81. The Labute approximate surface area is 101 Å². The van der Waals surface area contributed by atoms with Crippen molar-refractivity contribution in [2.24, 2.45) is 11.7 Å². The lowest BCUT2D eigenvalue weighted by molar-refractivity contribution is 0.591. The molecule has 3 heteroatoms. The van der Waals surface area contributed by atoms with E-state index in [1.807, 2.05) is 0 Å². The minimum absolute atomic E-state index is 0.531. The van der Waals surface area contributed by atoms with Gasteiger partial charge >= 0.3 is 0 Å². The standard InChI is InChI=1S/C13H18N2S/c1-10(7-14)8-15(2)12-9-16-13-6-4-3-5-11(12)13/h3-6,9-10H,7-8,14H2,1-2H3. The van der Waals surface area contributed by atoms with Gasteiger partial charge < -0.3 is 10.6 Å². The van der Waals surface area contributed by atoms with E-state index in [1.165, 1.54) is 15.8 Å². The van der Waals surface area contributed by atoms with E-state index < -0.39 is 0 Å². The molecule has 0 aliphatic rings. The molecule has 0 bridgehead atoms. The summed E-state index contributed by atoms with van der Waals surface area (Å²) in [5, 5.41) is 3.58. The van der Waals surface area contributed by atoms with Gasteiger partial charge in [0.2, 0.25) is 0 Å². The van der Waals surface area contributed by atoms with Crippen LogP contribution in [-0.2, 0) is 0 Å². The van der Waals surface area contributed by atoms with Crippen LogP contribution in [0.3, 0.4) is 0 Å². The number of anilines is 1. The van der Waals surface area contributed by atoms with E-state index in [-0.39, 0.29) is 0 Å². The second kappa shape index (κ2) is 4.85. The fourth-order valence-corrected chi connectivity index (χ4v) is 2.90. The fourth-order valence-electron chi connectivity index (χ4n) is 1.90. The minimum atomic E-state index is 0.531. The molecule has 0 saturated heterocycles. The number of thiophene rings is 1. The Morgan fingerprint density at radius 2 is 2.12 bits per heavy atom. The van der Waals surface area contributed by atoms with Gasteiger partial charge in [0.25, 0.3) is 0 Å². The first-order chi connectivity index (χ1) is 7.72. The number of hydrogen-bond donors (Lipinski definition) is 1. The van der Waals surface area contributed by atoms with Crippen molar-refractivity contribution in [3.63, 3.8) is 0 Å². The van der Waals surface area contributed by atoms with Gasteiger partial charge in [-0.25, -0.2) is 0 Å². The smallest absolute Gasteiger partial charge is 0.0552 e. The highest BCUT2D eigenvalue weighted by molar-refractivity contribution is 7.17. The van der Waals surface area contributed by atoms with Crippen LogP contribution in [0, 0.1) is 5.92 Å². The molecule has 1 heterocycles. The summed E-state index contributed by atoms with van der Waals surface area (Å²) in [5.41, 5.74) is 6.98. The summed E-state index contributed by atoms with van der Waals surface area (Å²) in [6, 6.07) is 8.54. The molecule has 0 spiro atoms. The Morgan fingerprint density at radius 3 is 2.88 bits per heavy atom. The van der Waals surface area contributed by atoms with E-state index in [0.717, 1.165) is 13.1 Å². The molecule has 0 saturated carbocycles. The van der Waals surface area contributed by atoms with Crippen molar-refractivity contribution in [3.05, 3.63) is 29.6 Å². The first-order valence-electron chi connectivity index (χ1n) is 5.59. The maximum Gasteiger partial charge on any atom is 0.0552 e. The van der Waals surface area contributed by atoms with Gasteiger partial charge in [0, 0.05) is 29.1 Å². The Hall–Kier alpha value is -1.06. The van der Waals surface area contributed by atoms with Crippen LogP contribution >= 0.6 is 11.3 Å². The van der Waals surface area contributed by atoms with Gasteiger partial charge in [0.05, 0.1) is 5.69 Å². The third-order valence-electron chi connectivity index (χ3n) is 2.86. The highest BCUT2D eigenvalue weighted by atomic mass is 32.1. The van der Waals surface area contributed by atoms with Gasteiger partial charge in [-0.05, 0) is 18.5 Å². The third kappa shape index (κ3) is 2.20. The predicted molar refractivity (Wildman–Crippen MR) is 73.3 cm³/mol. The number of fused-ring (bicyclic) bond motifs is 1. The average Bonchev–Trinajstić information content (AvgIpc) is 2.72. The summed E-state index contributed by atoms with van der Waals surface area (Å²) >= 11 is 1.80. The molecule has 1 aromatic carbocycles. The Kier molecular flexibility index (Phi) is 3.46. The summed E-state index contributed by atoms with van der Waals surface area (Å²) in [6.07, 6.45) is 0. The molecule has 2 nitrogen and oxygen atoms in total. The number of hydrogen-bond acceptors (Lipinski definition) is 3. The van der Waals surface area contributed by atoms with Crippen LogP contribution in [0.15, 0.2) is 29.6 Å². The monoisotopic (exact) mass is 234 g/mol. The van der Waals surface area contributed by atoms with Gasteiger partial charge in [-0.1, -0.05) is 25.1 Å². The van der Waals surface area contributed by atoms with Crippen LogP contribution in [0.2, 0.25) is 0 Å². The van der Waals surface area contributed by atoms with Gasteiger partial charge in [-0.15, -0.1) is 11.3 Å². The topological polar surface area (TPSA) is 29.3 Å². The van der Waals surface area contributed by atoms with Crippen LogP contribution in [-0.4, -0.2) is 20.1 Å². The van der Waals surface area contributed by atoms with Gasteiger partial charge in [-0.3, -0.25) is 0 Å². The largest absolute Gasteiger partial charge is 0.373 e. The van der Waals surface area contributed by atoms with Crippen LogP contribution < -0.4 is 10.6 Å². The first kappa shape index (κ1) is 11.4. The van der Waals surface area contributed by atoms with Crippen molar-refractivity contribution in [2.45, 2.75) is 6.92 Å². The lowest BCUT2D eigenvalue weighted by Crippen LogP contribution is -2.27. The molecule has 2 N–H and O–H groups in total. The second-order valence-corrected chi connectivity index (χ2v) is 5.25. The maximum atomic E-state index is 5.66. The predicted octanol–water partition coefficient (Wildman–Crippen LogP) is 2.93. The SMILES string of the molecule is CC(CN)CN(C)c1csc2ccccc12. The average molecular weight is 234 g/mol. The van der Waals surface area contributed by atoms with Crippen LogP contribution in [0.1, 0.15) is 6.92 Å². The number of benzene rings is 1. The maximum absolute atomic E-state index is 5.66. The lowest BCUT2D eigenvalue weighted by Gasteiger charge is -2.22. The summed E-state index contributed by atoms with van der Waals surface area (Å²) < 4.78 is 1.35.